The van der Waals surface area contributed by atoms with Crippen LogP contribution in [0.5, 0.6) is 5.75 Å². The fourth-order valence-electron chi connectivity index (χ4n) is 5.58. The summed E-state index contributed by atoms with van der Waals surface area (Å²) in [6.45, 7) is 6.37. The summed E-state index contributed by atoms with van der Waals surface area (Å²) in [5, 5.41) is 4.74. The van der Waals surface area contributed by atoms with Crippen LogP contribution in [0.4, 0.5) is 5.69 Å². The van der Waals surface area contributed by atoms with Crippen LogP contribution < -0.4 is 15.2 Å². The number of benzene rings is 1. The van der Waals surface area contributed by atoms with Crippen molar-refractivity contribution in [3.63, 3.8) is 0 Å². The average Bonchev–Trinajstić information content (AvgIpc) is 3.21. The molecule has 5 rings (SSSR count). The molecule has 0 spiro atoms. The first-order chi connectivity index (χ1) is 16.1. The normalized spacial score (nSPS) is 18.2. The molecule has 1 saturated heterocycles. The monoisotopic (exact) mass is 449 g/mol. The zero-order valence-electron chi connectivity index (χ0n) is 20.1. The largest absolute Gasteiger partial charge is 0.496 e. The number of aryl methyl sites for hydroxylation is 1. The molecule has 2 aromatic heterocycles. The van der Waals surface area contributed by atoms with E-state index < -0.39 is 0 Å². The van der Waals surface area contributed by atoms with Crippen molar-refractivity contribution in [2.24, 2.45) is 5.92 Å². The van der Waals surface area contributed by atoms with E-state index in [0.29, 0.717) is 16.9 Å². The molecule has 0 unspecified atom stereocenters. The number of aromatic amines is 1. The average molecular weight is 450 g/mol. The smallest absolute Gasteiger partial charge is 0.277 e. The topological polar surface area (TPSA) is 76.0 Å². The van der Waals surface area contributed by atoms with Crippen LogP contribution in [0.25, 0.3) is 22.4 Å². The molecule has 2 fully saturated rings. The van der Waals surface area contributed by atoms with Crippen LogP contribution in [0.3, 0.4) is 0 Å². The lowest BCUT2D eigenvalue weighted by Crippen LogP contribution is -2.33. The van der Waals surface area contributed by atoms with E-state index in [9.17, 15) is 4.79 Å². The third kappa shape index (κ3) is 4.13. The van der Waals surface area contributed by atoms with Crippen LogP contribution in [-0.2, 0) is 0 Å². The molecule has 7 heteroatoms. The zero-order chi connectivity index (χ0) is 22.9. The highest BCUT2D eigenvalue weighted by Gasteiger charge is 2.24. The molecule has 0 bridgehead atoms. The number of ether oxygens (including phenoxy) is 1. The zero-order valence-corrected chi connectivity index (χ0v) is 20.1. The van der Waals surface area contributed by atoms with Gasteiger partial charge in [-0.25, -0.2) is 4.98 Å². The summed E-state index contributed by atoms with van der Waals surface area (Å²) < 4.78 is 7.68. The Hall–Kier alpha value is -2.83. The van der Waals surface area contributed by atoms with Gasteiger partial charge in [-0.2, -0.15) is 5.10 Å². The van der Waals surface area contributed by atoms with Crippen molar-refractivity contribution in [1.82, 2.24) is 19.7 Å². The number of methoxy groups -OCH3 is 1. The summed E-state index contributed by atoms with van der Waals surface area (Å²) in [6.07, 6.45) is 9.51. The van der Waals surface area contributed by atoms with Crippen molar-refractivity contribution in [3.8, 4) is 17.1 Å². The Morgan fingerprint density at radius 2 is 1.88 bits per heavy atom. The van der Waals surface area contributed by atoms with Gasteiger partial charge in [-0.15, -0.1) is 0 Å². The van der Waals surface area contributed by atoms with E-state index in [4.69, 9.17) is 14.8 Å². The lowest BCUT2D eigenvalue weighted by Gasteiger charge is -2.33. The number of rotatable bonds is 5. The molecule has 0 radical (unpaired) electrons. The Morgan fingerprint density at radius 1 is 1.12 bits per heavy atom. The molecule has 7 nitrogen and oxygen atoms in total. The van der Waals surface area contributed by atoms with E-state index in [0.717, 1.165) is 54.5 Å². The maximum atomic E-state index is 13.2. The van der Waals surface area contributed by atoms with Crippen LogP contribution in [0.1, 0.15) is 70.0 Å². The van der Waals surface area contributed by atoms with Crippen LogP contribution in [0, 0.1) is 12.8 Å². The Labute approximate surface area is 195 Å². The Balaban J connectivity index is 1.50. The van der Waals surface area contributed by atoms with Gasteiger partial charge >= 0.3 is 0 Å². The SMILES string of the molecule is CCC1CCN(c2ccc(-c3nc4c(C)nn(C5CCCCC5)c4c(=O)[nH]3)c(OC)c2)CC1. The van der Waals surface area contributed by atoms with E-state index >= 15 is 0 Å². The van der Waals surface area contributed by atoms with Crippen molar-refractivity contribution in [2.75, 3.05) is 25.1 Å². The summed E-state index contributed by atoms with van der Waals surface area (Å²) in [6, 6.07) is 6.50. The molecule has 3 heterocycles. The summed E-state index contributed by atoms with van der Waals surface area (Å²) >= 11 is 0. The van der Waals surface area contributed by atoms with E-state index in [1.807, 2.05) is 17.7 Å². The third-order valence-electron chi connectivity index (χ3n) is 7.64. The molecule has 1 aliphatic carbocycles. The molecule has 0 atom stereocenters. The van der Waals surface area contributed by atoms with E-state index in [-0.39, 0.29) is 11.6 Å². The predicted molar refractivity (Wildman–Crippen MR) is 132 cm³/mol. The summed E-state index contributed by atoms with van der Waals surface area (Å²) in [4.78, 5) is 23.5. The van der Waals surface area contributed by atoms with Crippen molar-refractivity contribution in [2.45, 2.75) is 71.3 Å². The minimum atomic E-state index is -0.131. The highest BCUT2D eigenvalue weighted by Crippen LogP contribution is 2.35. The van der Waals surface area contributed by atoms with Crippen LogP contribution in [0.2, 0.25) is 0 Å². The number of nitrogens with one attached hydrogen (secondary N) is 1. The first-order valence-corrected chi connectivity index (χ1v) is 12.5. The molecule has 1 saturated carbocycles. The number of H-pyrrole nitrogens is 1. The second-order valence-electron chi connectivity index (χ2n) is 9.66. The second-order valence-corrected chi connectivity index (χ2v) is 9.66. The molecular formula is C26H35N5O2. The van der Waals surface area contributed by atoms with Gasteiger partial charge < -0.3 is 14.6 Å². The lowest BCUT2D eigenvalue weighted by atomic mass is 9.94. The fraction of sp³-hybridized carbons (Fsp3) is 0.577. The molecule has 0 amide bonds. The minimum absolute atomic E-state index is 0.131. The summed E-state index contributed by atoms with van der Waals surface area (Å²) in [5.74, 6) is 2.10. The van der Waals surface area contributed by atoms with Gasteiger partial charge in [0.05, 0.1) is 24.4 Å². The number of hydrogen-bond donors (Lipinski definition) is 1. The number of hydrogen-bond acceptors (Lipinski definition) is 5. The number of fused-ring (bicyclic) bond motifs is 1. The highest BCUT2D eigenvalue weighted by atomic mass is 16.5. The lowest BCUT2D eigenvalue weighted by molar-refractivity contribution is 0.336. The van der Waals surface area contributed by atoms with Crippen LogP contribution in [0.15, 0.2) is 23.0 Å². The van der Waals surface area contributed by atoms with Gasteiger partial charge in [0.15, 0.2) is 5.52 Å². The number of piperidine rings is 1. The van der Waals surface area contributed by atoms with Crippen molar-refractivity contribution in [3.05, 3.63) is 34.2 Å². The number of anilines is 1. The van der Waals surface area contributed by atoms with E-state index in [1.165, 1.54) is 38.5 Å². The van der Waals surface area contributed by atoms with Gasteiger partial charge in [0, 0.05) is 24.8 Å². The number of nitrogens with zero attached hydrogens (tertiary/aromatic N) is 4. The molecule has 1 aromatic carbocycles. The molecule has 1 N–H and O–H groups in total. The van der Waals surface area contributed by atoms with Gasteiger partial charge in [-0.05, 0) is 50.7 Å². The molecule has 3 aromatic rings. The van der Waals surface area contributed by atoms with E-state index in [2.05, 4.69) is 28.9 Å². The van der Waals surface area contributed by atoms with Crippen molar-refractivity contribution < 1.29 is 4.74 Å². The van der Waals surface area contributed by atoms with Crippen molar-refractivity contribution >= 4 is 16.7 Å². The van der Waals surface area contributed by atoms with Gasteiger partial charge in [-0.1, -0.05) is 32.6 Å². The fourth-order valence-corrected chi connectivity index (χ4v) is 5.58. The first kappa shape index (κ1) is 22.0. The molecular weight excluding hydrogens is 414 g/mol. The Bertz CT molecular complexity index is 1180. The molecule has 176 valence electrons. The van der Waals surface area contributed by atoms with Gasteiger partial charge in [-0.3, -0.25) is 9.48 Å². The number of aromatic nitrogens is 4. The Morgan fingerprint density at radius 3 is 2.58 bits per heavy atom. The minimum Gasteiger partial charge on any atom is -0.496 e. The quantitative estimate of drug-likeness (QED) is 0.577. The van der Waals surface area contributed by atoms with Gasteiger partial charge in [0.1, 0.15) is 17.1 Å². The molecule has 33 heavy (non-hydrogen) atoms. The second kappa shape index (κ2) is 9.20. The van der Waals surface area contributed by atoms with E-state index in [1.54, 1.807) is 7.11 Å². The standard InChI is InChI=1S/C26H35N5O2/c1-4-18-12-14-30(15-13-18)20-10-11-21(22(16-20)33-3)25-27-23-17(2)29-31(24(23)26(32)28-25)19-8-6-5-7-9-19/h10-11,16,18-19H,4-9,12-15H2,1-3H3,(H,27,28,32). The molecule has 1 aliphatic heterocycles. The molecule has 2 aliphatic rings. The van der Waals surface area contributed by atoms with Crippen LogP contribution >= 0.6 is 0 Å². The summed E-state index contributed by atoms with van der Waals surface area (Å²) in [5.41, 5.74) is 3.92. The van der Waals surface area contributed by atoms with Crippen LogP contribution in [-0.4, -0.2) is 39.9 Å². The maximum absolute atomic E-state index is 13.2. The third-order valence-corrected chi connectivity index (χ3v) is 7.64. The Kier molecular flexibility index (Phi) is 6.13. The van der Waals surface area contributed by atoms with Crippen molar-refractivity contribution in [1.29, 1.82) is 0 Å². The summed E-state index contributed by atoms with van der Waals surface area (Å²) in [7, 11) is 1.68. The van der Waals surface area contributed by atoms with Gasteiger partial charge in [0.25, 0.3) is 5.56 Å². The first-order valence-electron chi connectivity index (χ1n) is 12.5. The van der Waals surface area contributed by atoms with Gasteiger partial charge in [0.2, 0.25) is 0 Å². The predicted octanol–water partition coefficient (Wildman–Crippen LogP) is 5.24. The maximum Gasteiger partial charge on any atom is 0.277 e. The highest BCUT2D eigenvalue weighted by molar-refractivity contribution is 5.80.